The van der Waals surface area contributed by atoms with Crippen LogP contribution in [0.2, 0.25) is 0 Å². The van der Waals surface area contributed by atoms with E-state index in [-0.39, 0.29) is 5.43 Å². The molecule has 0 bridgehead atoms. The quantitative estimate of drug-likeness (QED) is 0.335. The highest BCUT2D eigenvalue weighted by molar-refractivity contribution is 5.82. The zero-order valence-electron chi connectivity index (χ0n) is 16.8. The number of ether oxygens (including phenoxy) is 2. The van der Waals surface area contributed by atoms with Gasteiger partial charge in [0.2, 0.25) is 0 Å². The highest BCUT2D eigenvalue weighted by Gasteiger charge is 2.07. The topological polar surface area (TPSA) is 48.7 Å². The summed E-state index contributed by atoms with van der Waals surface area (Å²) in [5.74, 6) is 1.42. The molecule has 0 radical (unpaired) electrons. The van der Waals surface area contributed by atoms with Crippen LogP contribution in [0.5, 0.6) is 11.5 Å². The largest absolute Gasteiger partial charge is 0.494 e. The van der Waals surface area contributed by atoms with E-state index in [1.54, 1.807) is 18.2 Å². The molecule has 0 aliphatic rings. The summed E-state index contributed by atoms with van der Waals surface area (Å²) < 4.78 is 17.2. The molecule has 3 aromatic carbocycles. The number of hydrogen-bond acceptors (Lipinski definition) is 4. The lowest BCUT2D eigenvalue weighted by atomic mass is 10.1. The van der Waals surface area contributed by atoms with E-state index in [0.717, 1.165) is 30.6 Å². The number of rotatable bonds is 9. The molecule has 1 aromatic heterocycles. The van der Waals surface area contributed by atoms with Crippen LogP contribution in [0, 0.1) is 0 Å². The third-order valence-electron chi connectivity index (χ3n) is 4.94. The van der Waals surface area contributed by atoms with Crippen molar-refractivity contribution in [2.75, 3.05) is 6.61 Å². The highest BCUT2D eigenvalue weighted by atomic mass is 16.5. The van der Waals surface area contributed by atoms with Crippen LogP contribution in [0.15, 0.2) is 94.3 Å². The predicted octanol–water partition coefficient (Wildman–Crippen LogP) is 5.77. The van der Waals surface area contributed by atoms with Crippen molar-refractivity contribution in [2.45, 2.75) is 25.9 Å². The third kappa shape index (κ3) is 5.09. The third-order valence-corrected chi connectivity index (χ3v) is 4.94. The van der Waals surface area contributed by atoms with Crippen molar-refractivity contribution >= 4 is 11.0 Å². The fourth-order valence-corrected chi connectivity index (χ4v) is 3.31. The van der Waals surface area contributed by atoms with Crippen LogP contribution in [0.3, 0.4) is 0 Å². The number of unbranched alkanes of at least 4 members (excludes halogenated alkanes) is 1. The Hall–Kier alpha value is -3.53. The minimum atomic E-state index is -0.0769. The van der Waals surface area contributed by atoms with Crippen LogP contribution < -0.4 is 14.9 Å². The lowest BCUT2D eigenvalue weighted by molar-refractivity contribution is 0.300. The van der Waals surface area contributed by atoms with Crippen LogP contribution in [0.25, 0.3) is 11.0 Å². The van der Waals surface area contributed by atoms with E-state index in [1.165, 1.54) is 17.9 Å². The Morgan fingerprint density at radius 2 is 1.57 bits per heavy atom. The van der Waals surface area contributed by atoms with Gasteiger partial charge in [-0.05, 0) is 54.7 Å². The van der Waals surface area contributed by atoms with Crippen LogP contribution in [0.4, 0.5) is 0 Å². The molecule has 0 saturated heterocycles. The Bertz CT molecular complexity index is 1130. The molecule has 0 spiro atoms. The zero-order valence-corrected chi connectivity index (χ0v) is 16.8. The van der Waals surface area contributed by atoms with Gasteiger partial charge in [0.05, 0.1) is 18.3 Å². The Labute approximate surface area is 175 Å². The number of fused-ring (bicyclic) bond motifs is 1. The minimum Gasteiger partial charge on any atom is -0.494 e. The summed E-state index contributed by atoms with van der Waals surface area (Å²) >= 11 is 0. The molecule has 0 saturated carbocycles. The normalized spacial score (nSPS) is 10.8. The van der Waals surface area contributed by atoms with Crippen molar-refractivity contribution in [1.82, 2.24) is 0 Å². The van der Waals surface area contributed by atoms with Crippen molar-refractivity contribution in [2.24, 2.45) is 0 Å². The molecule has 0 fully saturated rings. The van der Waals surface area contributed by atoms with Crippen LogP contribution in [-0.2, 0) is 13.0 Å². The van der Waals surface area contributed by atoms with E-state index in [4.69, 9.17) is 13.9 Å². The van der Waals surface area contributed by atoms with E-state index >= 15 is 0 Å². The van der Waals surface area contributed by atoms with Crippen LogP contribution in [0.1, 0.15) is 24.0 Å². The van der Waals surface area contributed by atoms with E-state index < -0.39 is 0 Å². The van der Waals surface area contributed by atoms with Gasteiger partial charge in [-0.25, -0.2) is 0 Å². The van der Waals surface area contributed by atoms with Crippen LogP contribution >= 0.6 is 0 Å². The second kappa shape index (κ2) is 9.79. The predicted molar refractivity (Wildman–Crippen MR) is 118 cm³/mol. The van der Waals surface area contributed by atoms with E-state index in [9.17, 15) is 4.79 Å². The Kier molecular flexibility index (Phi) is 6.45. The van der Waals surface area contributed by atoms with Crippen molar-refractivity contribution in [3.8, 4) is 11.5 Å². The van der Waals surface area contributed by atoms with E-state index in [1.807, 2.05) is 30.3 Å². The summed E-state index contributed by atoms with van der Waals surface area (Å²) in [6.45, 7) is 1.09. The van der Waals surface area contributed by atoms with Crippen molar-refractivity contribution in [3.05, 3.63) is 106 Å². The van der Waals surface area contributed by atoms with Gasteiger partial charge in [0.15, 0.2) is 16.8 Å². The van der Waals surface area contributed by atoms with E-state index in [2.05, 4.69) is 24.3 Å². The number of aryl methyl sites for hydroxylation is 1. The maximum Gasteiger partial charge on any atom is 0.192 e. The standard InChI is InChI=1S/C26H24O4/c27-24-16-18-29-26-23(24)10-6-11-25(26)30-19-21-12-14-22(15-13-21)28-17-5-4-9-20-7-2-1-3-8-20/h1-3,6-8,10-16,18H,4-5,9,17,19H2. The molecule has 0 atom stereocenters. The van der Waals surface area contributed by atoms with Crippen molar-refractivity contribution < 1.29 is 13.9 Å². The monoisotopic (exact) mass is 400 g/mol. The van der Waals surface area contributed by atoms with Crippen molar-refractivity contribution in [1.29, 1.82) is 0 Å². The maximum atomic E-state index is 11.9. The summed E-state index contributed by atoms with van der Waals surface area (Å²) in [6, 6.07) is 25.1. The Morgan fingerprint density at radius 1 is 0.733 bits per heavy atom. The first-order valence-electron chi connectivity index (χ1n) is 10.2. The molecular formula is C26H24O4. The molecule has 1 heterocycles. The molecule has 0 N–H and O–H groups in total. The molecule has 4 rings (SSSR count). The van der Waals surface area contributed by atoms with Gasteiger partial charge in [-0.1, -0.05) is 48.5 Å². The first kappa shape index (κ1) is 19.8. The Balaban J connectivity index is 1.25. The average molecular weight is 400 g/mol. The van der Waals surface area contributed by atoms with Gasteiger partial charge >= 0.3 is 0 Å². The lowest BCUT2D eigenvalue weighted by Gasteiger charge is -2.10. The molecule has 4 heteroatoms. The number of benzene rings is 3. The smallest absolute Gasteiger partial charge is 0.192 e. The summed E-state index contributed by atoms with van der Waals surface area (Å²) in [6.07, 6.45) is 4.60. The van der Waals surface area contributed by atoms with Gasteiger partial charge in [-0.2, -0.15) is 0 Å². The fourth-order valence-electron chi connectivity index (χ4n) is 3.31. The number of hydrogen-bond donors (Lipinski definition) is 0. The van der Waals surface area contributed by atoms with Gasteiger partial charge in [0.25, 0.3) is 0 Å². The Morgan fingerprint density at radius 3 is 2.40 bits per heavy atom. The van der Waals surface area contributed by atoms with Crippen LogP contribution in [-0.4, -0.2) is 6.61 Å². The van der Waals surface area contributed by atoms with Gasteiger partial charge < -0.3 is 13.9 Å². The summed E-state index contributed by atoms with van der Waals surface area (Å²) in [5.41, 5.74) is 2.78. The first-order chi connectivity index (χ1) is 14.8. The average Bonchev–Trinajstić information content (AvgIpc) is 2.79. The number of para-hydroxylation sites is 1. The summed E-state index contributed by atoms with van der Waals surface area (Å²) in [7, 11) is 0. The molecule has 4 aromatic rings. The highest BCUT2D eigenvalue weighted by Crippen LogP contribution is 2.24. The van der Waals surface area contributed by atoms with E-state index in [0.29, 0.717) is 29.9 Å². The SMILES string of the molecule is O=c1ccoc2c(OCc3ccc(OCCCCc4ccccc4)cc3)cccc12. The second-order valence-corrected chi connectivity index (χ2v) is 7.14. The molecule has 0 aliphatic heterocycles. The molecule has 0 amide bonds. The van der Waals surface area contributed by atoms with Gasteiger partial charge in [-0.3, -0.25) is 4.79 Å². The van der Waals surface area contributed by atoms with Gasteiger partial charge in [0.1, 0.15) is 12.4 Å². The molecule has 30 heavy (non-hydrogen) atoms. The molecule has 0 unspecified atom stereocenters. The summed E-state index contributed by atoms with van der Waals surface area (Å²) in [5, 5.41) is 0.519. The lowest BCUT2D eigenvalue weighted by Crippen LogP contribution is -2.01. The van der Waals surface area contributed by atoms with Gasteiger partial charge in [0, 0.05) is 6.07 Å². The molecule has 4 nitrogen and oxygen atoms in total. The summed E-state index contributed by atoms with van der Waals surface area (Å²) in [4.78, 5) is 11.9. The maximum absolute atomic E-state index is 11.9. The minimum absolute atomic E-state index is 0.0769. The molecule has 152 valence electrons. The van der Waals surface area contributed by atoms with Crippen molar-refractivity contribution in [3.63, 3.8) is 0 Å². The zero-order chi connectivity index (χ0) is 20.6. The first-order valence-corrected chi connectivity index (χ1v) is 10.2. The second-order valence-electron chi connectivity index (χ2n) is 7.14. The molecule has 0 aliphatic carbocycles. The molecular weight excluding hydrogens is 376 g/mol. The van der Waals surface area contributed by atoms with Gasteiger partial charge in [-0.15, -0.1) is 0 Å². The fraction of sp³-hybridized carbons (Fsp3) is 0.192.